The first kappa shape index (κ1) is 9.48. The number of allylic oxidation sites excluding steroid dienone is 4. The number of rotatable bonds is 2. The molecule has 0 aliphatic heterocycles. The summed E-state index contributed by atoms with van der Waals surface area (Å²) in [6, 6.07) is 0. The Kier molecular flexibility index (Phi) is 8.04. The summed E-state index contributed by atoms with van der Waals surface area (Å²) in [5.74, 6) is 0. The highest BCUT2D eigenvalue weighted by molar-refractivity contribution is 5.11. The van der Waals surface area contributed by atoms with Crippen LogP contribution in [0, 0.1) is 0 Å². The standard InChI is InChI=1S/C5H6.C5H12/c1-2-4-5-3-1;1-3-5-4-2/h1-4H,5H2;3-5H2,1-2H3. The van der Waals surface area contributed by atoms with Crippen LogP contribution in [0.5, 0.6) is 0 Å². The molecule has 0 heteroatoms. The van der Waals surface area contributed by atoms with Gasteiger partial charge in [0.25, 0.3) is 0 Å². The zero-order chi connectivity index (χ0) is 7.66. The molecule has 0 unspecified atom stereocenters. The van der Waals surface area contributed by atoms with E-state index in [0.29, 0.717) is 0 Å². The minimum atomic E-state index is 1.14. The van der Waals surface area contributed by atoms with Crippen molar-refractivity contribution >= 4 is 0 Å². The summed E-state index contributed by atoms with van der Waals surface area (Å²) < 4.78 is 0. The predicted molar refractivity (Wildman–Crippen MR) is 48.1 cm³/mol. The molecule has 0 N–H and O–H groups in total. The molecule has 0 atom stereocenters. The molecule has 0 aromatic carbocycles. The van der Waals surface area contributed by atoms with Crippen molar-refractivity contribution in [1.82, 2.24) is 0 Å². The SMILES string of the molecule is C1=CCC=C1.CCCCC. The van der Waals surface area contributed by atoms with Crippen LogP contribution in [0.3, 0.4) is 0 Å². The second-order valence-electron chi connectivity index (χ2n) is 2.45. The second kappa shape index (κ2) is 8.48. The highest BCUT2D eigenvalue weighted by Crippen LogP contribution is 1.93. The maximum Gasteiger partial charge on any atom is -0.0163 e. The van der Waals surface area contributed by atoms with Gasteiger partial charge >= 0.3 is 0 Å². The Morgan fingerprint density at radius 2 is 1.50 bits per heavy atom. The maximum atomic E-state index is 2.21. The minimum Gasteiger partial charge on any atom is -0.0808 e. The van der Waals surface area contributed by atoms with Crippen molar-refractivity contribution in [3.05, 3.63) is 24.3 Å². The molecule has 0 fully saturated rings. The van der Waals surface area contributed by atoms with E-state index >= 15 is 0 Å². The molecule has 0 nitrogen and oxygen atoms in total. The molecule has 0 saturated carbocycles. The largest absolute Gasteiger partial charge is 0.0808 e. The molecule has 0 aromatic rings. The maximum absolute atomic E-state index is 2.21. The first-order valence-corrected chi connectivity index (χ1v) is 4.23. The average Bonchev–Trinajstić information content (AvgIpc) is 2.44. The molecule has 1 aliphatic carbocycles. The van der Waals surface area contributed by atoms with Crippen molar-refractivity contribution in [3.8, 4) is 0 Å². The van der Waals surface area contributed by atoms with E-state index in [-0.39, 0.29) is 0 Å². The van der Waals surface area contributed by atoms with E-state index in [1.54, 1.807) is 0 Å². The third-order valence-electron chi connectivity index (χ3n) is 1.36. The summed E-state index contributed by atoms with van der Waals surface area (Å²) in [6.45, 7) is 4.42. The van der Waals surface area contributed by atoms with Crippen LogP contribution < -0.4 is 0 Å². The molecule has 0 radical (unpaired) electrons. The molecule has 0 spiro atoms. The molecule has 0 amide bonds. The number of hydrogen-bond acceptors (Lipinski definition) is 0. The molecule has 58 valence electrons. The lowest BCUT2D eigenvalue weighted by atomic mass is 10.3. The highest BCUT2D eigenvalue weighted by atomic mass is 13.8. The Labute approximate surface area is 64.6 Å². The minimum absolute atomic E-state index is 1.14. The molecular weight excluding hydrogens is 120 g/mol. The third kappa shape index (κ3) is 7.48. The second-order valence-corrected chi connectivity index (χ2v) is 2.45. The Hall–Kier alpha value is -0.520. The average molecular weight is 138 g/mol. The van der Waals surface area contributed by atoms with Crippen LogP contribution in [0.2, 0.25) is 0 Å². The number of hydrogen-bond donors (Lipinski definition) is 0. The monoisotopic (exact) mass is 138 g/mol. The topological polar surface area (TPSA) is 0 Å². The van der Waals surface area contributed by atoms with E-state index in [0.717, 1.165) is 6.42 Å². The third-order valence-corrected chi connectivity index (χ3v) is 1.36. The van der Waals surface area contributed by atoms with Crippen molar-refractivity contribution < 1.29 is 0 Å². The van der Waals surface area contributed by atoms with Gasteiger partial charge in [-0.25, -0.2) is 0 Å². The Balaban J connectivity index is 0.000000162. The van der Waals surface area contributed by atoms with Gasteiger partial charge in [-0.2, -0.15) is 0 Å². The first-order chi connectivity index (χ1) is 4.91. The van der Waals surface area contributed by atoms with Gasteiger partial charge in [-0.3, -0.25) is 0 Å². The summed E-state index contributed by atoms with van der Waals surface area (Å²) in [5.41, 5.74) is 0. The molecule has 0 heterocycles. The van der Waals surface area contributed by atoms with Crippen molar-refractivity contribution in [3.63, 3.8) is 0 Å². The first-order valence-electron chi connectivity index (χ1n) is 4.23. The van der Waals surface area contributed by atoms with Crippen LogP contribution in [0.25, 0.3) is 0 Å². The van der Waals surface area contributed by atoms with Crippen molar-refractivity contribution in [2.45, 2.75) is 39.5 Å². The van der Waals surface area contributed by atoms with Gasteiger partial charge in [-0.05, 0) is 6.42 Å². The molecule has 1 rings (SSSR count). The molecule has 0 saturated heterocycles. The lowest BCUT2D eigenvalue weighted by molar-refractivity contribution is 0.772. The van der Waals surface area contributed by atoms with Gasteiger partial charge in [0.1, 0.15) is 0 Å². The van der Waals surface area contributed by atoms with Crippen molar-refractivity contribution in [2.75, 3.05) is 0 Å². The molecule has 10 heavy (non-hydrogen) atoms. The number of unbranched alkanes of at least 4 members (excludes halogenated alkanes) is 2. The fourth-order valence-electron chi connectivity index (χ4n) is 0.746. The summed E-state index contributed by atoms with van der Waals surface area (Å²) >= 11 is 0. The summed E-state index contributed by atoms with van der Waals surface area (Å²) in [5, 5.41) is 0. The van der Waals surface area contributed by atoms with Gasteiger partial charge in [0.2, 0.25) is 0 Å². The Morgan fingerprint density at radius 3 is 1.60 bits per heavy atom. The predicted octanol–water partition coefficient (Wildman–Crippen LogP) is 3.70. The fourth-order valence-corrected chi connectivity index (χ4v) is 0.746. The van der Waals surface area contributed by atoms with Gasteiger partial charge < -0.3 is 0 Å². The van der Waals surface area contributed by atoms with E-state index in [4.69, 9.17) is 0 Å². The normalized spacial score (nSPS) is 13.0. The van der Waals surface area contributed by atoms with Crippen LogP contribution in [0.4, 0.5) is 0 Å². The van der Waals surface area contributed by atoms with E-state index in [1.165, 1.54) is 19.3 Å². The van der Waals surface area contributed by atoms with Gasteiger partial charge in [0.15, 0.2) is 0 Å². The van der Waals surface area contributed by atoms with Crippen LogP contribution in [-0.2, 0) is 0 Å². The molecule has 0 bridgehead atoms. The summed E-state index contributed by atoms with van der Waals surface area (Å²) in [6.07, 6.45) is 13.6. The van der Waals surface area contributed by atoms with Crippen molar-refractivity contribution in [2.24, 2.45) is 0 Å². The Morgan fingerprint density at radius 1 is 1.00 bits per heavy atom. The zero-order valence-corrected chi connectivity index (χ0v) is 7.14. The van der Waals surface area contributed by atoms with Gasteiger partial charge in [0, 0.05) is 0 Å². The van der Waals surface area contributed by atoms with E-state index < -0.39 is 0 Å². The van der Waals surface area contributed by atoms with E-state index in [9.17, 15) is 0 Å². The van der Waals surface area contributed by atoms with Crippen LogP contribution in [0.1, 0.15) is 39.5 Å². The quantitative estimate of drug-likeness (QED) is 0.546. The van der Waals surface area contributed by atoms with E-state index in [1.807, 2.05) is 0 Å². The highest BCUT2D eigenvalue weighted by Gasteiger charge is 1.72. The van der Waals surface area contributed by atoms with Crippen molar-refractivity contribution in [1.29, 1.82) is 0 Å². The molecule has 1 aliphatic rings. The van der Waals surface area contributed by atoms with E-state index in [2.05, 4.69) is 38.2 Å². The van der Waals surface area contributed by atoms with Crippen LogP contribution in [0.15, 0.2) is 24.3 Å². The van der Waals surface area contributed by atoms with Crippen LogP contribution >= 0.6 is 0 Å². The van der Waals surface area contributed by atoms with Gasteiger partial charge in [-0.15, -0.1) is 0 Å². The summed E-state index contributed by atoms with van der Waals surface area (Å²) in [4.78, 5) is 0. The van der Waals surface area contributed by atoms with Gasteiger partial charge in [0.05, 0.1) is 0 Å². The lowest BCUT2D eigenvalue weighted by Gasteiger charge is -1.79. The molecular formula is C10H18. The molecule has 0 aromatic heterocycles. The summed E-state index contributed by atoms with van der Waals surface area (Å²) in [7, 11) is 0. The fraction of sp³-hybridized carbons (Fsp3) is 0.600. The smallest absolute Gasteiger partial charge is 0.0163 e. The van der Waals surface area contributed by atoms with Crippen LogP contribution in [-0.4, -0.2) is 0 Å². The van der Waals surface area contributed by atoms with Gasteiger partial charge in [-0.1, -0.05) is 57.4 Å². The lowest BCUT2D eigenvalue weighted by Crippen LogP contribution is -1.59. The zero-order valence-electron chi connectivity index (χ0n) is 7.14. The Bertz CT molecular complexity index is 86.6.